The van der Waals surface area contributed by atoms with Gasteiger partial charge in [0, 0.05) is 28.9 Å². The van der Waals surface area contributed by atoms with E-state index in [0.717, 1.165) is 22.4 Å². The van der Waals surface area contributed by atoms with E-state index in [4.69, 9.17) is 5.14 Å². The molecule has 5 rings (SSSR count). The van der Waals surface area contributed by atoms with Crippen LogP contribution in [-0.4, -0.2) is 28.6 Å². The van der Waals surface area contributed by atoms with Gasteiger partial charge < -0.3 is 5.32 Å². The molecule has 0 atom stereocenters. The molecule has 10 heteroatoms. The summed E-state index contributed by atoms with van der Waals surface area (Å²) in [5, 5.41) is 16.3. The SMILES string of the molecule is Cc1ccc(Nc2ccc(N(c3ccccc3)c3ncc4cn[nH]c4n3)cc2)cc1S(N)(=O)=O. The number of aromatic nitrogens is 4. The molecule has 170 valence electrons. The highest BCUT2D eigenvalue weighted by Crippen LogP contribution is 2.33. The molecule has 0 spiro atoms. The lowest BCUT2D eigenvalue weighted by Crippen LogP contribution is -2.14. The summed E-state index contributed by atoms with van der Waals surface area (Å²) in [5.74, 6) is 0.500. The van der Waals surface area contributed by atoms with E-state index < -0.39 is 10.0 Å². The molecule has 0 amide bonds. The smallest absolute Gasteiger partial charge is 0.238 e. The van der Waals surface area contributed by atoms with Gasteiger partial charge >= 0.3 is 0 Å². The number of fused-ring (bicyclic) bond motifs is 1. The van der Waals surface area contributed by atoms with E-state index in [-0.39, 0.29) is 4.90 Å². The second kappa shape index (κ2) is 8.58. The van der Waals surface area contributed by atoms with Gasteiger partial charge in [-0.2, -0.15) is 10.1 Å². The third-order valence-electron chi connectivity index (χ3n) is 5.30. The van der Waals surface area contributed by atoms with Crippen LogP contribution in [0.1, 0.15) is 5.56 Å². The number of nitrogens with zero attached hydrogens (tertiary/aromatic N) is 4. The minimum absolute atomic E-state index is 0.0933. The zero-order valence-corrected chi connectivity index (χ0v) is 19.0. The van der Waals surface area contributed by atoms with Crippen LogP contribution < -0.4 is 15.4 Å². The quantitative estimate of drug-likeness (QED) is 0.332. The fraction of sp³-hybridized carbons (Fsp3) is 0.0417. The predicted molar refractivity (Wildman–Crippen MR) is 132 cm³/mol. The maximum atomic E-state index is 11.8. The molecular weight excluding hydrogens is 450 g/mol. The third kappa shape index (κ3) is 4.32. The number of aromatic amines is 1. The minimum Gasteiger partial charge on any atom is -0.355 e. The number of aryl methyl sites for hydroxylation is 1. The van der Waals surface area contributed by atoms with Crippen molar-refractivity contribution < 1.29 is 8.42 Å². The number of para-hydroxylation sites is 1. The topological polar surface area (TPSA) is 130 Å². The van der Waals surface area contributed by atoms with E-state index in [9.17, 15) is 8.42 Å². The molecule has 3 aromatic carbocycles. The van der Waals surface area contributed by atoms with Gasteiger partial charge in [0.05, 0.1) is 16.5 Å². The predicted octanol–water partition coefficient (Wildman–Crippen LogP) is 4.52. The average Bonchev–Trinajstić information content (AvgIpc) is 3.30. The Morgan fingerprint density at radius 3 is 2.35 bits per heavy atom. The Morgan fingerprint density at radius 2 is 1.62 bits per heavy atom. The van der Waals surface area contributed by atoms with Crippen molar-refractivity contribution in [2.75, 3.05) is 10.2 Å². The standard InChI is InChI=1S/C24H21N7O2S/c1-16-7-8-19(13-22(16)34(25,32)33)28-18-9-11-21(12-10-18)31(20-5-3-2-4-6-20)24-26-14-17-15-27-30-23(17)29-24/h2-15,28H,1H3,(H2,25,32,33)(H,26,27,29,30). The first kappa shape index (κ1) is 21.6. The van der Waals surface area contributed by atoms with Gasteiger partial charge in [-0.1, -0.05) is 24.3 Å². The lowest BCUT2D eigenvalue weighted by Gasteiger charge is -2.23. The van der Waals surface area contributed by atoms with E-state index in [0.29, 0.717) is 22.8 Å². The molecule has 5 aromatic rings. The van der Waals surface area contributed by atoms with Crippen LogP contribution in [0.4, 0.5) is 28.7 Å². The number of benzene rings is 3. The molecule has 4 N–H and O–H groups in total. The summed E-state index contributed by atoms with van der Waals surface area (Å²) in [6.07, 6.45) is 3.41. The minimum atomic E-state index is -3.81. The number of H-pyrrole nitrogens is 1. The number of sulfonamides is 1. The number of rotatable bonds is 6. The molecular formula is C24H21N7O2S. The molecule has 0 bridgehead atoms. The van der Waals surface area contributed by atoms with Crippen molar-refractivity contribution in [1.82, 2.24) is 20.2 Å². The van der Waals surface area contributed by atoms with Crippen LogP contribution in [0.5, 0.6) is 0 Å². The number of hydrogen-bond acceptors (Lipinski definition) is 7. The molecule has 0 saturated heterocycles. The Bertz CT molecular complexity index is 1570. The summed E-state index contributed by atoms with van der Waals surface area (Å²) >= 11 is 0. The number of nitrogens with one attached hydrogen (secondary N) is 2. The Labute approximate surface area is 196 Å². The van der Waals surface area contributed by atoms with E-state index in [1.54, 1.807) is 25.4 Å². The van der Waals surface area contributed by atoms with Gasteiger partial charge in [-0.05, 0) is 61.0 Å². The normalized spacial score (nSPS) is 11.5. The first-order valence-corrected chi connectivity index (χ1v) is 11.9. The van der Waals surface area contributed by atoms with E-state index in [2.05, 4.69) is 25.5 Å². The van der Waals surface area contributed by atoms with Crippen molar-refractivity contribution in [3.05, 3.63) is 90.8 Å². The summed E-state index contributed by atoms with van der Waals surface area (Å²) in [7, 11) is -3.81. The van der Waals surface area contributed by atoms with Crippen molar-refractivity contribution >= 4 is 49.8 Å². The number of nitrogens with two attached hydrogens (primary N) is 1. The van der Waals surface area contributed by atoms with Gasteiger partial charge in [-0.15, -0.1) is 0 Å². The molecule has 34 heavy (non-hydrogen) atoms. The highest BCUT2D eigenvalue weighted by molar-refractivity contribution is 7.89. The molecule has 0 aliphatic rings. The van der Waals surface area contributed by atoms with Crippen LogP contribution in [-0.2, 0) is 10.0 Å². The summed E-state index contributed by atoms with van der Waals surface area (Å²) in [5.41, 5.74) is 4.40. The highest BCUT2D eigenvalue weighted by atomic mass is 32.2. The Hall–Kier alpha value is -4.28. The third-order valence-corrected chi connectivity index (χ3v) is 6.35. The van der Waals surface area contributed by atoms with Crippen LogP contribution in [0.25, 0.3) is 11.0 Å². The zero-order valence-electron chi connectivity index (χ0n) is 18.2. The Morgan fingerprint density at radius 1 is 0.912 bits per heavy atom. The number of primary sulfonamides is 1. The number of anilines is 5. The second-order valence-electron chi connectivity index (χ2n) is 7.71. The molecule has 0 unspecified atom stereocenters. The first-order chi connectivity index (χ1) is 16.4. The van der Waals surface area contributed by atoms with Gasteiger partial charge in [-0.25, -0.2) is 18.5 Å². The van der Waals surface area contributed by atoms with Crippen LogP contribution in [0.2, 0.25) is 0 Å². The summed E-state index contributed by atoms with van der Waals surface area (Å²) in [4.78, 5) is 11.2. The highest BCUT2D eigenvalue weighted by Gasteiger charge is 2.16. The van der Waals surface area contributed by atoms with Gasteiger partial charge in [0.15, 0.2) is 5.65 Å². The average molecular weight is 472 g/mol. The molecule has 9 nitrogen and oxygen atoms in total. The molecule has 0 aliphatic heterocycles. The largest absolute Gasteiger partial charge is 0.355 e. The lowest BCUT2D eigenvalue weighted by atomic mass is 10.2. The summed E-state index contributed by atoms with van der Waals surface area (Å²) < 4.78 is 23.7. The molecule has 0 aliphatic carbocycles. The van der Waals surface area contributed by atoms with Crippen LogP contribution >= 0.6 is 0 Å². The Balaban J connectivity index is 1.48. The fourth-order valence-electron chi connectivity index (χ4n) is 3.64. The van der Waals surface area contributed by atoms with Crippen molar-refractivity contribution in [2.45, 2.75) is 11.8 Å². The van der Waals surface area contributed by atoms with Crippen molar-refractivity contribution in [3.63, 3.8) is 0 Å². The van der Waals surface area contributed by atoms with Crippen molar-refractivity contribution in [3.8, 4) is 0 Å². The van der Waals surface area contributed by atoms with E-state index in [1.165, 1.54) is 6.07 Å². The lowest BCUT2D eigenvalue weighted by molar-refractivity contribution is 0.597. The van der Waals surface area contributed by atoms with Crippen LogP contribution in [0.15, 0.2) is 90.1 Å². The zero-order chi connectivity index (χ0) is 23.7. The molecule has 0 fully saturated rings. The maximum absolute atomic E-state index is 11.8. The van der Waals surface area contributed by atoms with Gasteiger partial charge in [-0.3, -0.25) is 10.00 Å². The van der Waals surface area contributed by atoms with Crippen molar-refractivity contribution in [2.24, 2.45) is 5.14 Å². The first-order valence-electron chi connectivity index (χ1n) is 10.4. The van der Waals surface area contributed by atoms with Crippen molar-refractivity contribution in [1.29, 1.82) is 0 Å². The van der Waals surface area contributed by atoms with Gasteiger partial charge in [0.1, 0.15) is 0 Å². The van der Waals surface area contributed by atoms with Crippen LogP contribution in [0.3, 0.4) is 0 Å². The maximum Gasteiger partial charge on any atom is 0.238 e. The molecule has 0 radical (unpaired) electrons. The van der Waals surface area contributed by atoms with Gasteiger partial charge in [0.2, 0.25) is 16.0 Å². The monoisotopic (exact) mass is 471 g/mol. The fourth-order valence-corrected chi connectivity index (χ4v) is 4.45. The summed E-state index contributed by atoms with van der Waals surface area (Å²) in [6, 6.07) is 22.5. The number of hydrogen-bond donors (Lipinski definition) is 3. The molecule has 0 saturated carbocycles. The Kier molecular flexibility index (Phi) is 5.44. The van der Waals surface area contributed by atoms with Crippen LogP contribution in [0, 0.1) is 6.92 Å². The summed E-state index contributed by atoms with van der Waals surface area (Å²) in [6.45, 7) is 1.71. The van der Waals surface area contributed by atoms with E-state index in [1.807, 2.05) is 65.6 Å². The molecule has 2 aromatic heterocycles. The van der Waals surface area contributed by atoms with Gasteiger partial charge in [0.25, 0.3) is 0 Å². The van der Waals surface area contributed by atoms with E-state index >= 15 is 0 Å². The second-order valence-corrected chi connectivity index (χ2v) is 9.24. The molecule has 2 heterocycles.